The molecule has 0 saturated heterocycles. The number of sulfone groups is 1. The minimum Gasteiger partial charge on any atom is -0.489 e. The van der Waals surface area contributed by atoms with Crippen molar-refractivity contribution in [3.63, 3.8) is 0 Å². The van der Waals surface area contributed by atoms with Gasteiger partial charge in [-0.2, -0.15) is 0 Å². The maximum atomic E-state index is 11.5. The first-order valence-electron chi connectivity index (χ1n) is 7.03. The van der Waals surface area contributed by atoms with E-state index in [1.54, 1.807) is 24.3 Å². The molecule has 1 rings (SSSR count). The lowest BCUT2D eigenvalue weighted by Crippen LogP contribution is -2.34. The molecule has 0 spiro atoms. The van der Waals surface area contributed by atoms with Crippen molar-refractivity contribution in [2.24, 2.45) is 0 Å². The lowest BCUT2D eigenvalue weighted by molar-refractivity contribution is 0.211. The summed E-state index contributed by atoms with van der Waals surface area (Å²) in [5, 5.41) is 3.41. The molecule has 0 bridgehead atoms. The van der Waals surface area contributed by atoms with Crippen LogP contribution in [0.3, 0.4) is 0 Å². The fourth-order valence-corrected chi connectivity index (χ4v) is 2.61. The molecule has 1 aromatic carbocycles. The van der Waals surface area contributed by atoms with Crippen molar-refractivity contribution in [3.05, 3.63) is 24.3 Å². The Morgan fingerprint density at radius 2 is 2.00 bits per heavy atom. The van der Waals surface area contributed by atoms with Crippen LogP contribution in [0.2, 0.25) is 0 Å². The standard InChI is InChI=1S/C15H25NO3S/c1-5-7-12(2)16-11-13(3)19-14-8-6-9-15(10-14)20(4,17)18/h6,8-10,12-13,16H,5,7,11H2,1-4H3. The van der Waals surface area contributed by atoms with E-state index in [9.17, 15) is 8.42 Å². The molecule has 4 nitrogen and oxygen atoms in total. The number of ether oxygens (including phenoxy) is 1. The summed E-state index contributed by atoms with van der Waals surface area (Å²) in [6.45, 7) is 7.03. The molecule has 1 aromatic rings. The summed E-state index contributed by atoms with van der Waals surface area (Å²) in [5.41, 5.74) is 0. The summed E-state index contributed by atoms with van der Waals surface area (Å²) in [7, 11) is -3.19. The first-order chi connectivity index (χ1) is 9.32. The number of hydrogen-bond donors (Lipinski definition) is 1. The Bertz CT molecular complexity index is 514. The molecule has 5 heteroatoms. The zero-order chi connectivity index (χ0) is 15.2. The molecule has 2 unspecified atom stereocenters. The average molecular weight is 299 g/mol. The van der Waals surface area contributed by atoms with Gasteiger partial charge in [0.05, 0.1) is 4.90 Å². The van der Waals surface area contributed by atoms with Gasteiger partial charge in [0.25, 0.3) is 0 Å². The Morgan fingerprint density at radius 3 is 2.60 bits per heavy atom. The van der Waals surface area contributed by atoms with Crippen LogP contribution in [0.15, 0.2) is 29.2 Å². The predicted molar refractivity (Wildman–Crippen MR) is 82.0 cm³/mol. The number of rotatable bonds is 8. The van der Waals surface area contributed by atoms with Gasteiger partial charge in [0, 0.05) is 18.8 Å². The van der Waals surface area contributed by atoms with E-state index in [0.29, 0.717) is 11.8 Å². The largest absolute Gasteiger partial charge is 0.489 e. The molecule has 0 aliphatic carbocycles. The van der Waals surface area contributed by atoms with Crippen molar-refractivity contribution < 1.29 is 13.2 Å². The quantitative estimate of drug-likeness (QED) is 0.802. The molecular formula is C15H25NO3S. The normalized spacial score (nSPS) is 14.8. The monoisotopic (exact) mass is 299 g/mol. The Hall–Kier alpha value is -1.07. The van der Waals surface area contributed by atoms with Crippen LogP contribution in [-0.2, 0) is 9.84 Å². The van der Waals surface area contributed by atoms with Crippen LogP contribution in [0.1, 0.15) is 33.6 Å². The third kappa shape index (κ3) is 5.92. The van der Waals surface area contributed by atoms with Crippen molar-refractivity contribution in [2.75, 3.05) is 12.8 Å². The summed E-state index contributed by atoms with van der Waals surface area (Å²) in [4.78, 5) is 0.287. The van der Waals surface area contributed by atoms with Gasteiger partial charge in [-0.1, -0.05) is 19.4 Å². The van der Waals surface area contributed by atoms with Gasteiger partial charge in [0.1, 0.15) is 11.9 Å². The highest BCUT2D eigenvalue weighted by atomic mass is 32.2. The molecule has 0 aromatic heterocycles. The van der Waals surface area contributed by atoms with Crippen molar-refractivity contribution in [1.29, 1.82) is 0 Å². The second kappa shape index (κ2) is 7.64. The summed E-state index contributed by atoms with van der Waals surface area (Å²) in [6.07, 6.45) is 3.48. The molecule has 20 heavy (non-hydrogen) atoms. The van der Waals surface area contributed by atoms with Crippen molar-refractivity contribution in [3.8, 4) is 5.75 Å². The smallest absolute Gasteiger partial charge is 0.175 e. The SMILES string of the molecule is CCCC(C)NCC(C)Oc1cccc(S(C)(=O)=O)c1. The summed E-state index contributed by atoms with van der Waals surface area (Å²) in [6, 6.07) is 7.09. The average Bonchev–Trinajstić information content (AvgIpc) is 2.36. The fourth-order valence-electron chi connectivity index (χ4n) is 1.95. The molecule has 0 heterocycles. The number of benzene rings is 1. The molecule has 0 aliphatic heterocycles. The molecule has 1 N–H and O–H groups in total. The van der Waals surface area contributed by atoms with Gasteiger partial charge < -0.3 is 10.1 Å². The maximum Gasteiger partial charge on any atom is 0.175 e. The van der Waals surface area contributed by atoms with E-state index in [2.05, 4.69) is 19.2 Å². The van der Waals surface area contributed by atoms with Crippen molar-refractivity contribution in [2.45, 2.75) is 50.7 Å². The Balaban J connectivity index is 2.56. The zero-order valence-electron chi connectivity index (χ0n) is 12.7. The van der Waals surface area contributed by atoms with E-state index in [4.69, 9.17) is 4.74 Å². The predicted octanol–water partition coefficient (Wildman–Crippen LogP) is 2.64. The molecule has 0 saturated carbocycles. The van der Waals surface area contributed by atoms with Gasteiger partial charge in [-0.15, -0.1) is 0 Å². The topological polar surface area (TPSA) is 55.4 Å². The summed E-state index contributed by atoms with van der Waals surface area (Å²) < 4.78 is 28.7. The second-order valence-electron chi connectivity index (χ2n) is 5.27. The van der Waals surface area contributed by atoms with E-state index >= 15 is 0 Å². The molecule has 0 amide bonds. The lowest BCUT2D eigenvalue weighted by Gasteiger charge is -2.19. The third-order valence-electron chi connectivity index (χ3n) is 3.05. The summed E-state index contributed by atoms with van der Waals surface area (Å²) in [5.74, 6) is 0.588. The van der Waals surface area contributed by atoms with Crippen LogP contribution in [-0.4, -0.2) is 33.4 Å². The maximum absolute atomic E-state index is 11.5. The Labute approximate surface area is 122 Å². The third-order valence-corrected chi connectivity index (χ3v) is 4.16. The van der Waals surface area contributed by atoms with Gasteiger partial charge in [-0.3, -0.25) is 0 Å². The van der Waals surface area contributed by atoms with Gasteiger partial charge in [0.15, 0.2) is 9.84 Å². The van der Waals surface area contributed by atoms with Crippen LogP contribution in [0, 0.1) is 0 Å². The van der Waals surface area contributed by atoms with Crippen molar-refractivity contribution in [1.82, 2.24) is 5.32 Å². The first-order valence-corrected chi connectivity index (χ1v) is 8.92. The fraction of sp³-hybridized carbons (Fsp3) is 0.600. The highest BCUT2D eigenvalue weighted by Crippen LogP contribution is 2.18. The van der Waals surface area contributed by atoms with E-state index in [1.807, 2.05) is 6.92 Å². The van der Waals surface area contributed by atoms with Crippen LogP contribution in [0.5, 0.6) is 5.75 Å². The first kappa shape index (κ1) is 17.0. The van der Waals surface area contributed by atoms with Gasteiger partial charge in [-0.05, 0) is 38.5 Å². The lowest BCUT2D eigenvalue weighted by atomic mass is 10.2. The van der Waals surface area contributed by atoms with E-state index in [1.165, 1.54) is 6.26 Å². The number of nitrogens with one attached hydrogen (secondary N) is 1. The highest BCUT2D eigenvalue weighted by Gasteiger charge is 2.10. The molecule has 0 radical (unpaired) electrons. The van der Waals surface area contributed by atoms with Gasteiger partial charge in [-0.25, -0.2) is 8.42 Å². The molecular weight excluding hydrogens is 274 g/mol. The number of hydrogen-bond acceptors (Lipinski definition) is 4. The van der Waals surface area contributed by atoms with Gasteiger partial charge >= 0.3 is 0 Å². The Morgan fingerprint density at radius 1 is 1.30 bits per heavy atom. The van der Waals surface area contributed by atoms with E-state index in [0.717, 1.165) is 19.4 Å². The molecule has 0 aliphatic rings. The van der Waals surface area contributed by atoms with E-state index < -0.39 is 9.84 Å². The minimum atomic E-state index is -3.19. The van der Waals surface area contributed by atoms with E-state index in [-0.39, 0.29) is 11.0 Å². The summed E-state index contributed by atoms with van der Waals surface area (Å²) >= 11 is 0. The van der Waals surface area contributed by atoms with Gasteiger partial charge in [0.2, 0.25) is 0 Å². The second-order valence-corrected chi connectivity index (χ2v) is 7.29. The van der Waals surface area contributed by atoms with Crippen LogP contribution in [0.25, 0.3) is 0 Å². The Kier molecular flexibility index (Phi) is 6.49. The van der Waals surface area contributed by atoms with Crippen LogP contribution in [0.4, 0.5) is 0 Å². The van der Waals surface area contributed by atoms with Crippen LogP contribution >= 0.6 is 0 Å². The molecule has 114 valence electrons. The molecule has 0 fully saturated rings. The van der Waals surface area contributed by atoms with Crippen LogP contribution < -0.4 is 10.1 Å². The molecule has 2 atom stereocenters. The zero-order valence-corrected chi connectivity index (χ0v) is 13.5. The highest BCUT2D eigenvalue weighted by molar-refractivity contribution is 7.90. The minimum absolute atomic E-state index is 0.0101. The van der Waals surface area contributed by atoms with Crippen molar-refractivity contribution >= 4 is 9.84 Å².